The molecule has 2 aliphatic rings. The summed E-state index contributed by atoms with van der Waals surface area (Å²) in [7, 11) is 0. The molecule has 2 heterocycles. The largest absolute Gasteiger partial charge is 0.376 e. The van der Waals surface area contributed by atoms with E-state index in [1.807, 2.05) is 6.92 Å². The Morgan fingerprint density at radius 1 is 1.25 bits per heavy atom. The molecular formula is C16H25N3O. The Bertz CT molecular complexity index is 469. The van der Waals surface area contributed by atoms with Crippen molar-refractivity contribution in [3.8, 4) is 0 Å². The molecule has 0 saturated carbocycles. The lowest BCUT2D eigenvalue weighted by molar-refractivity contribution is 0.0942. The van der Waals surface area contributed by atoms with Gasteiger partial charge in [0.15, 0.2) is 0 Å². The van der Waals surface area contributed by atoms with E-state index >= 15 is 0 Å². The maximum absolute atomic E-state index is 5.85. The van der Waals surface area contributed by atoms with Gasteiger partial charge in [-0.3, -0.25) is 0 Å². The summed E-state index contributed by atoms with van der Waals surface area (Å²) in [4.78, 5) is 9.29. The van der Waals surface area contributed by atoms with Gasteiger partial charge in [0.1, 0.15) is 11.6 Å². The van der Waals surface area contributed by atoms with Crippen LogP contribution in [0.1, 0.15) is 56.1 Å². The van der Waals surface area contributed by atoms with Crippen LogP contribution in [0.3, 0.4) is 0 Å². The molecule has 0 aromatic carbocycles. The lowest BCUT2D eigenvalue weighted by Gasteiger charge is -2.26. The average molecular weight is 275 g/mol. The number of aromatic nitrogens is 2. The molecular weight excluding hydrogens is 250 g/mol. The highest BCUT2D eigenvalue weighted by molar-refractivity contribution is 5.48. The van der Waals surface area contributed by atoms with Crippen LogP contribution in [0, 0.1) is 6.92 Å². The molecule has 1 aromatic rings. The number of nitrogens with one attached hydrogen (secondary N) is 1. The Kier molecular flexibility index (Phi) is 4.20. The molecule has 1 aliphatic heterocycles. The number of hydrogen-bond acceptors (Lipinski definition) is 4. The number of ether oxygens (including phenoxy) is 1. The minimum Gasteiger partial charge on any atom is -0.376 e. The maximum Gasteiger partial charge on any atom is 0.133 e. The zero-order valence-electron chi connectivity index (χ0n) is 12.6. The minimum absolute atomic E-state index is 0.342. The third kappa shape index (κ3) is 2.80. The van der Waals surface area contributed by atoms with E-state index in [0.29, 0.717) is 12.1 Å². The summed E-state index contributed by atoms with van der Waals surface area (Å²) in [5.74, 6) is 1.95. The zero-order valence-corrected chi connectivity index (χ0v) is 12.6. The first-order chi connectivity index (χ1) is 9.78. The predicted octanol–water partition coefficient (Wildman–Crippen LogP) is 3.03. The van der Waals surface area contributed by atoms with E-state index in [-0.39, 0.29) is 0 Å². The van der Waals surface area contributed by atoms with Crippen LogP contribution >= 0.6 is 0 Å². The number of aryl methyl sites for hydroxylation is 2. The first-order valence-electron chi connectivity index (χ1n) is 8.02. The summed E-state index contributed by atoms with van der Waals surface area (Å²) in [6.07, 6.45) is 8.49. The summed E-state index contributed by atoms with van der Waals surface area (Å²) in [5, 5.41) is 3.66. The Labute approximate surface area is 121 Å². The molecule has 0 amide bonds. The van der Waals surface area contributed by atoms with Gasteiger partial charge in [-0.15, -0.1) is 0 Å². The fraction of sp³-hybridized carbons (Fsp3) is 0.750. The normalized spacial score (nSPS) is 23.4. The van der Waals surface area contributed by atoms with Crippen LogP contribution in [0.4, 0.5) is 5.82 Å². The van der Waals surface area contributed by atoms with Gasteiger partial charge in [-0.05, 0) is 51.9 Å². The van der Waals surface area contributed by atoms with E-state index in [4.69, 9.17) is 4.74 Å². The fourth-order valence-corrected chi connectivity index (χ4v) is 3.39. The standard InChI is InChI=1S/C16H25N3O/c1-3-13(15-9-6-10-20-15)19-16-12-7-4-5-8-14(12)17-11(2)18-16/h13,15H,3-10H2,1-2H3,(H,17,18,19). The highest BCUT2D eigenvalue weighted by Crippen LogP contribution is 2.28. The fourth-order valence-electron chi connectivity index (χ4n) is 3.39. The van der Waals surface area contributed by atoms with Crippen molar-refractivity contribution < 1.29 is 4.74 Å². The van der Waals surface area contributed by atoms with Crippen molar-refractivity contribution in [1.82, 2.24) is 9.97 Å². The van der Waals surface area contributed by atoms with Gasteiger partial charge in [-0.2, -0.15) is 0 Å². The predicted molar refractivity (Wildman–Crippen MR) is 80.1 cm³/mol. The molecule has 4 heteroatoms. The lowest BCUT2D eigenvalue weighted by atomic mass is 9.95. The number of rotatable bonds is 4. The highest BCUT2D eigenvalue weighted by Gasteiger charge is 2.26. The number of fused-ring (bicyclic) bond motifs is 1. The van der Waals surface area contributed by atoms with Gasteiger partial charge in [-0.1, -0.05) is 6.92 Å². The number of nitrogens with zero attached hydrogens (tertiary/aromatic N) is 2. The van der Waals surface area contributed by atoms with Crippen molar-refractivity contribution in [2.45, 2.75) is 70.9 Å². The monoisotopic (exact) mass is 275 g/mol. The molecule has 0 bridgehead atoms. The molecule has 0 spiro atoms. The minimum atomic E-state index is 0.342. The summed E-state index contributed by atoms with van der Waals surface area (Å²) in [5.41, 5.74) is 2.60. The van der Waals surface area contributed by atoms with E-state index < -0.39 is 0 Å². The van der Waals surface area contributed by atoms with Crippen molar-refractivity contribution in [3.05, 3.63) is 17.1 Å². The van der Waals surface area contributed by atoms with Crippen molar-refractivity contribution in [2.24, 2.45) is 0 Å². The van der Waals surface area contributed by atoms with Crippen LogP contribution < -0.4 is 5.32 Å². The molecule has 1 fully saturated rings. The molecule has 1 aliphatic carbocycles. The summed E-state index contributed by atoms with van der Waals surface area (Å²) in [6, 6.07) is 0.373. The second-order valence-corrected chi connectivity index (χ2v) is 5.96. The van der Waals surface area contributed by atoms with E-state index in [1.54, 1.807) is 0 Å². The van der Waals surface area contributed by atoms with Gasteiger partial charge in [0.25, 0.3) is 0 Å². The Morgan fingerprint density at radius 3 is 2.85 bits per heavy atom. The van der Waals surface area contributed by atoms with E-state index in [2.05, 4.69) is 22.2 Å². The molecule has 4 nitrogen and oxygen atoms in total. The topological polar surface area (TPSA) is 47.0 Å². The summed E-state index contributed by atoms with van der Waals surface area (Å²) in [6.45, 7) is 5.12. The third-order valence-corrected chi connectivity index (χ3v) is 4.47. The van der Waals surface area contributed by atoms with Gasteiger partial charge < -0.3 is 10.1 Å². The lowest BCUT2D eigenvalue weighted by Crippen LogP contribution is -2.33. The SMILES string of the molecule is CCC(Nc1nc(C)nc2c1CCCC2)C1CCCO1. The van der Waals surface area contributed by atoms with E-state index in [1.165, 1.54) is 30.5 Å². The summed E-state index contributed by atoms with van der Waals surface area (Å²) < 4.78 is 5.85. The Balaban J connectivity index is 1.83. The van der Waals surface area contributed by atoms with Crippen LogP contribution in [0.2, 0.25) is 0 Å². The number of hydrogen-bond donors (Lipinski definition) is 1. The van der Waals surface area contributed by atoms with E-state index in [0.717, 1.165) is 43.9 Å². The molecule has 2 atom stereocenters. The average Bonchev–Trinajstić information content (AvgIpc) is 2.98. The van der Waals surface area contributed by atoms with Gasteiger partial charge in [-0.25, -0.2) is 9.97 Å². The molecule has 110 valence electrons. The highest BCUT2D eigenvalue weighted by atomic mass is 16.5. The van der Waals surface area contributed by atoms with Gasteiger partial charge in [0.2, 0.25) is 0 Å². The molecule has 2 unspecified atom stereocenters. The second-order valence-electron chi connectivity index (χ2n) is 5.96. The maximum atomic E-state index is 5.85. The number of anilines is 1. The van der Waals surface area contributed by atoms with E-state index in [9.17, 15) is 0 Å². The van der Waals surface area contributed by atoms with Crippen LogP contribution in [-0.4, -0.2) is 28.7 Å². The van der Waals surface area contributed by atoms with Crippen LogP contribution in [0.25, 0.3) is 0 Å². The summed E-state index contributed by atoms with van der Waals surface area (Å²) >= 11 is 0. The van der Waals surface area contributed by atoms with Crippen LogP contribution in [0.15, 0.2) is 0 Å². The van der Waals surface area contributed by atoms with Gasteiger partial charge in [0, 0.05) is 17.9 Å². The molecule has 1 aromatic heterocycles. The first kappa shape index (κ1) is 13.8. The van der Waals surface area contributed by atoms with Crippen LogP contribution in [0.5, 0.6) is 0 Å². The van der Waals surface area contributed by atoms with Crippen LogP contribution in [-0.2, 0) is 17.6 Å². The second kappa shape index (κ2) is 6.08. The third-order valence-electron chi connectivity index (χ3n) is 4.47. The smallest absolute Gasteiger partial charge is 0.133 e. The quantitative estimate of drug-likeness (QED) is 0.917. The zero-order chi connectivity index (χ0) is 13.9. The Hall–Kier alpha value is -1.16. The van der Waals surface area contributed by atoms with Crippen molar-refractivity contribution in [2.75, 3.05) is 11.9 Å². The van der Waals surface area contributed by atoms with Crippen molar-refractivity contribution in [3.63, 3.8) is 0 Å². The molecule has 20 heavy (non-hydrogen) atoms. The molecule has 1 N–H and O–H groups in total. The molecule has 1 saturated heterocycles. The first-order valence-corrected chi connectivity index (χ1v) is 8.02. The Morgan fingerprint density at radius 2 is 2.10 bits per heavy atom. The van der Waals surface area contributed by atoms with Gasteiger partial charge in [0.05, 0.1) is 12.1 Å². The molecule has 3 rings (SSSR count). The molecule has 0 radical (unpaired) electrons. The van der Waals surface area contributed by atoms with Crippen molar-refractivity contribution in [1.29, 1.82) is 0 Å². The van der Waals surface area contributed by atoms with Gasteiger partial charge >= 0.3 is 0 Å². The van der Waals surface area contributed by atoms with Crippen molar-refractivity contribution >= 4 is 5.82 Å².